The third-order valence-electron chi connectivity index (χ3n) is 1.20. The molecule has 14 heavy (non-hydrogen) atoms. The van der Waals surface area contributed by atoms with Crippen LogP contribution in [-0.4, -0.2) is 15.9 Å². The molecule has 0 saturated carbocycles. The predicted molar refractivity (Wildman–Crippen MR) is 52.5 cm³/mol. The van der Waals surface area contributed by atoms with Gasteiger partial charge < -0.3 is 4.74 Å². The highest BCUT2D eigenvalue weighted by molar-refractivity contribution is 6.32. The Labute approximate surface area is 90.5 Å². The normalized spacial score (nSPS) is 9.57. The van der Waals surface area contributed by atoms with Gasteiger partial charge in [-0.2, -0.15) is 4.98 Å². The van der Waals surface area contributed by atoms with Gasteiger partial charge in [0.1, 0.15) is 5.02 Å². The highest BCUT2D eigenvalue weighted by Gasteiger charge is 2.09. The van der Waals surface area contributed by atoms with Gasteiger partial charge in [0.2, 0.25) is 11.2 Å². The Morgan fingerprint density at radius 3 is 3.00 bits per heavy atom. The first-order valence-corrected chi connectivity index (χ1v) is 4.38. The summed E-state index contributed by atoms with van der Waals surface area (Å²) in [6.45, 7) is 3.39. The van der Waals surface area contributed by atoms with Crippen LogP contribution in [0.2, 0.25) is 10.3 Å². The van der Waals surface area contributed by atoms with Crippen LogP contribution in [0.15, 0.2) is 18.9 Å². The Morgan fingerprint density at radius 2 is 2.36 bits per heavy atom. The molecule has 0 N–H and O–H groups in total. The summed E-state index contributed by atoms with van der Waals surface area (Å²) < 4.78 is 4.79. The van der Waals surface area contributed by atoms with E-state index in [4.69, 9.17) is 27.9 Å². The van der Waals surface area contributed by atoms with Gasteiger partial charge in [0.05, 0.1) is 12.6 Å². The maximum Gasteiger partial charge on any atom is 0.316 e. The van der Waals surface area contributed by atoms with E-state index in [1.807, 2.05) is 0 Å². The molecule has 1 aromatic heterocycles. The summed E-state index contributed by atoms with van der Waals surface area (Å²) in [5.41, 5.74) is 0. The average molecular weight is 233 g/mol. The monoisotopic (exact) mass is 232 g/mol. The smallest absolute Gasteiger partial charge is 0.316 e. The van der Waals surface area contributed by atoms with E-state index in [1.165, 1.54) is 12.3 Å². The predicted octanol–water partition coefficient (Wildman–Crippen LogP) is 2.26. The minimum Gasteiger partial charge on any atom is -0.405 e. The van der Waals surface area contributed by atoms with E-state index < -0.39 is 5.97 Å². The molecule has 0 fully saturated rings. The molecule has 0 spiro atoms. The van der Waals surface area contributed by atoms with Gasteiger partial charge in [0.15, 0.2) is 0 Å². The second-order valence-electron chi connectivity index (χ2n) is 2.26. The summed E-state index contributed by atoms with van der Waals surface area (Å²) in [5.74, 6) is -0.546. The summed E-state index contributed by atoms with van der Waals surface area (Å²) in [6.07, 6.45) is 2.75. The Hall–Kier alpha value is -1.13. The molecule has 0 saturated heterocycles. The second-order valence-corrected chi connectivity index (χ2v) is 3.00. The first-order chi connectivity index (χ1) is 6.63. The van der Waals surface area contributed by atoms with Crippen molar-refractivity contribution < 1.29 is 9.53 Å². The number of esters is 1. The molecular weight excluding hydrogens is 227 g/mol. The zero-order chi connectivity index (χ0) is 10.6. The minimum absolute atomic E-state index is 0.0317. The molecule has 0 bridgehead atoms. The maximum atomic E-state index is 11.0. The molecule has 0 aliphatic rings. The van der Waals surface area contributed by atoms with E-state index in [0.717, 1.165) is 0 Å². The highest BCUT2D eigenvalue weighted by atomic mass is 35.5. The van der Waals surface area contributed by atoms with Crippen molar-refractivity contribution in [3.8, 4) is 5.88 Å². The van der Waals surface area contributed by atoms with E-state index in [0.29, 0.717) is 0 Å². The second kappa shape index (κ2) is 4.93. The standard InChI is InChI=1S/C8H6Cl2N2O2/c1-2-3-6(13)14-7-5(9)4-11-8(10)12-7/h2,4H,1,3H2. The zero-order valence-corrected chi connectivity index (χ0v) is 8.55. The number of halogens is 2. The molecule has 1 rings (SSSR count). The van der Waals surface area contributed by atoms with Gasteiger partial charge in [-0.1, -0.05) is 17.7 Å². The lowest BCUT2D eigenvalue weighted by atomic mass is 10.4. The highest BCUT2D eigenvalue weighted by Crippen LogP contribution is 2.21. The molecule has 0 aromatic carbocycles. The summed E-state index contributed by atoms with van der Waals surface area (Å²) in [6, 6.07) is 0. The molecule has 74 valence electrons. The molecular formula is C8H6Cl2N2O2. The molecule has 0 radical (unpaired) electrons. The summed E-state index contributed by atoms with van der Waals surface area (Å²) >= 11 is 11.1. The molecule has 0 aliphatic carbocycles. The number of carbonyl (C=O) groups excluding carboxylic acids is 1. The fourth-order valence-electron chi connectivity index (χ4n) is 0.670. The van der Waals surface area contributed by atoms with Crippen LogP contribution in [0.4, 0.5) is 0 Å². The van der Waals surface area contributed by atoms with Crippen LogP contribution < -0.4 is 4.74 Å². The Morgan fingerprint density at radius 1 is 1.64 bits per heavy atom. The lowest BCUT2D eigenvalue weighted by Crippen LogP contribution is -2.08. The third kappa shape index (κ3) is 2.97. The Bertz CT molecular complexity index is 368. The Kier molecular flexibility index (Phi) is 3.85. The molecule has 1 heterocycles. The fourth-order valence-corrected chi connectivity index (χ4v) is 0.925. The number of carbonyl (C=O) groups is 1. The van der Waals surface area contributed by atoms with Crippen LogP contribution in [0.3, 0.4) is 0 Å². The Balaban J connectivity index is 2.80. The van der Waals surface area contributed by atoms with E-state index in [1.54, 1.807) is 0 Å². The van der Waals surface area contributed by atoms with Crippen molar-refractivity contribution in [2.45, 2.75) is 6.42 Å². The van der Waals surface area contributed by atoms with Crippen LogP contribution >= 0.6 is 23.2 Å². The first-order valence-electron chi connectivity index (χ1n) is 3.63. The zero-order valence-electron chi connectivity index (χ0n) is 7.04. The van der Waals surface area contributed by atoms with Gasteiger partial charge >= 0.3 is 5.97 Å². The molecule has 0 amide bonds. The number of ether oxygens (including phenoxy) is 1. The van der Waals surface area contributed by atoms with Gasteiger partial charge in [-0.05, 0) is 11.6 Å². The minimum atomic E-state index is -0.503. The quantitative estimate of drug-likeness (QED) is 0.456. The van der Waals surface area contributed by atoms with Crippen molar-refractivity contribution in [1.82, 2.24) is 9.97 Å². The number of nitrogens with zero attached hydrogens (tertiary/aromatic N) is 2. The maximum absolute atomic E-state index is 11.0. The molecule has 0 atom stereocenters. The molecule has 6 heteroatoms. The van der Waals surface area contributed by atoms with Gasteiger partial charge in [-0.15, -0.1) is 6.58 Å². The van der Waals surface area contributed by atoms with Crippen molar-refractivity contribution in [1.29, 1.82) is 0 Å². The van der Waals surface area contributed by atoms with E-state index in [9.17, 15) is 4.79 Å². The van der Waals surface area contributed by atoms with Crippen LogP contribution in [0.1, 0.15) is 6.42 Å². The number of aromatic nitrogens is 2. The van der Waals surface area contributed by atoms with Crippen LogP contribution in [0, 0.1) is 0 Å². The summed E-state index contributed by atoms with van der Waals surface area (Å²) in [5, 5.41) is 0.0996. The molecule has 0 aliphatic heterocycles. The lowest BCUT2D eigenvalue weighted by Gasteiger charge is -2.02. The van der Waals surface area contributed by atoms with Crippen molar-refractivity contribution >= 4 is 29.2 Å². The van der Waals surface area contributed by atoms with Gasteiger partial charge in [-0.3, -0.25) is 4.79 Å². The van der Waals surface area contributed by atoms with Crippen molar-refractivity contribution in [3.63, 3.8) is 0 Å². The van der Waals surface area contributed by atoms with Gasteiger partial charge in [-0.25, -0.2) is 4.98 Å². The van der Waals surface area contributed by atoms with Crippen molar-refractivity contribution in [2.75, 3.05) is 0 Å². The molecule has 1 aromatic rings. The fraction of sp³-hybridized carbons (Fsp3) is 0.125. The van der Waals surface area contributed by atoms with E-state index >= 15 is 0 Å². The summed E-state index contributed by atoms with van der Waals surface area (Å²) in [4.78, 5) is 18.3. The van der Waals surface area contributed by atoms with Crippen molar-refractivity contribution in [2.24, 2.45) is 0 Å². The molecule has 0 unspecified atom stereocenters. The number of rotatable bonds is 3. The third-order valence-corrected chi connectivity index (χ3v) is 1.65. The lowest BCUT2D eigenvalue weighted by molar-refractivity contribution is -0.133. The van der Waals surface area contributed by atoms with Crippen LogP contribution in [0.5, 0.6) is 5.88 Å². The molecule has 4 nitrogen and oxygen atoms in total. The average Bonchev–Trinajstić information content (AvgIpc) is 2.12. The summed E-state index contributed by atoms with van der Waals surface area (Å²) in [7, 11) is 0. The van der Waals surface area contributed by atoms with E-state index in [-0.39, 0.29) is 22.6 Å². The number of hydrogen-bond donors (Lipinski definition) is 0. The largest absolute Gasteiger partial charge is 0.405 e. The topological polar surface area (TPSA) is 52.1 Å². The number of hydrogen-bond acceptors (Lipinski definition) is 4. The van der Waals surface area contributed by atoms with Crippen molar-refractivity contribution in [3.05, 3.63) is 29.2 Å². The van der Waals surface area contributed by atoms with Gasteiger partial charge in [0, 0.05) is 0 Å². The van der Waals surface area contributed by atoms with E-state index in [2.05, 4.69) is 16.5 Å². The van der Waals surface area contributed by atoms with Gasteiger partial charge in [0.25, 0.3) is 0 Å². The van der Waals surface area contributed by atoms with Crippen LogP contribution in [0.25, 0.3) is 0 Å². The first kappa shape index (κ1) is 10.9. The SMILES string of the molecule is C=CCC(=O)Oc1nc(Cl)ncc1Cl. The van der Waals surface area contributed by atoms with Crippen LogP contribution in [-0.2, 0) is 4.79 Å².